The van der Waals surface area contributed by atoms with Crippen molar-refractivity contribution in [3.63, 3.8) is 0 Å². The predicted octanol–water partition coefficient (Wildman–Crippen LogP) is 5.84. The number of hydrogen-bond donors (Lipinski definition) is 0. The van der Waals surface area contributed by atoms with Crippen LogP contribution in [0, 0.1) is 12.1 Å². The van der Waals surface area contributed by atoms with Gasteiger partial charge in [0, 0.05) is 27.6 Å². The van der Waals surface area contributed by atoms with Crippen molar-refractivity contribution in [2.75, 3.05) is 0 Å². The van der Waals surface area contributed by atoms with Crippen LogP contribution < -0.4 is 0 Å². The molecule has 0 saturated heterocycles. The van der Waals surface area contributed by atoms with Crippen molar-refractivity contribution in [3.8, 4) is 0 Å². The van der Waals surface area contributed by atoms with Gasteiger partial charge >= 0.3 is 0 Å². The third-order valence-corrected chi connectivity index (χ3v) is 5.71. The summed E-state index contributed by atoms with van der Waals surface area (Å²) in [4.78, 5) is 0. The first-order valence-corrected chi connectivity index (χ1v) is 8.81. The highest BCUT2D eigenvalue weighted by molar-refractivity contribution is 6.21. The van der Waals surface area contributed by atoms with Crippen LogP contribution in [-0.4, -0.2) is 8.80 Å². The molecule has 0 unspecified atom stereocenters. The average Bonchev–Trinajstić information content (AvgIpc) is 3.22. The Hall–Kier alpha value is -3.70. The summed E-state index contributed by atoms with van der Waals surface area (Å²) in [5, 5.41) is 5.10. The van der Waals surface area contributed by atoms with E-state index >= 15 is 0 Å². The summed E-state index contributed by atoms with van der Waals surface area (Å²) in [6.45, 7) is 0. The Kier molecular flexibility index (Phi) is 1.99. The highest BCUT2D eigenvalue weighted by Crippen LogP contribution is 2.39. The SMILES string of the molecule is c1cc2c3cccc4c3n(c2cc#1)c1cccc2c3ccccc3n4c21. The molecule has 4 aromatic carbocycles. The van der Waals surface area contributed by atoms with E-state index in [0.717, 1.165) is 0 Å². The van der Waals surface area contributed by atoms with Crippen LogP contribution in [0.2, 0.25) is 0 Å². The fraction of sp³-hybridized carbons (Fsp3) is 0. The van der Waals surface area contributed by atoms with Crippen molar-refractivity contribution < 1.29 is 0 Å². The van der Waals surface area contributed by atoms with Gasteiger partial charge in [-0.25, -0.2) is 0 Å². The number of rotatable bonds is 0. The van der Waals surface area contributed by atoms with Crippen LogP contribution in [0.4, 0.5) is 0 Å². The van der Waals surface area contributed by atoms with Gasteiger partial charge in [0.1, 0.15) is 0 Å². The van der Waals surface area contributed by atoms with Gasteiger partial charge in [-0.3, -0.25) is 0 Å². The zero-order valence-electron chi connectivity index (χ0n) is 13.8. The topological polar surface area (TPSA) is 8.82 Å². The number of para-hydroxylation sites is 3. The molecule has 0 aliphatic rings. The first kappa shape index (κ1) is 12.6. The molecular formula is C24H12N2. The normalized spacial score (nSPS) is 12.3. The minimum absolute atomic E-state index is 1.19. The Bertz CT molecular complexity index is 1500. The Labute approximate surface area is 148 Å². The van der Waals surface area contributed by atoms with Crippen molar-refractivity contribution >= 4 is 54.6 Å². The van der Waals surface area contributed by atoms with E-state index in [4.69, 9.17) is 0 Å². The first-order chi connectivity index (χ1) is 12.9. The van der Waals surface area contributed by atoms with E-state index in [0.29, 0.717) is 0 Å². The molecule has 3 heterocycles. The Morgan fingerprint density at radius 1 is 0.462 bits per heavy atom. The lowest BCUT2D eigenvalue weighted by Crippen LogP contribution is -1.96. The van der Waals surface area contributed by atoms with Gasteiger partial charge in [-0.05, 0) is 24.3 Å². The van der Waals surface area contributed by atoms with Crippen molar-refractivity contribution in [2.45, 2.75) is 0 Å². The van der Waals surface area contributed by atoms with Crippen LogP contribution in [-0.2, 0) is 0 Å². The minimum atomic E-state index is 1.19. The second-order valence-corrected chi connectivity index (χ2v) is 6.91. The molecule has 0 atom stereocenters. The molecule has 26 heavy (non-hydrogen) atoms. The average molecular weight is 328 g/mol. The number of fused-ring (bicyclic) bond motifs is 8. The number of hydrogen-bond acceptors (Lipinski definition) is 0. The van der Waals surface area contributed by atoms with E-state index in [2.05, 4.69) is 93.7 Å². The lowest BCUT2D eigenvalue weighted by atomic mass is 10.1. The third kappa shape index (κ3) is 1.23. The van der Waals surface area contributed by atoms with Gasteiger partial charge in [0.05, 0.1) is 33.1 Å². The summed E-state index contributed by atoms with van der Waals surface area (Å²) >= 11 is 0. The molecule has 0 fully saturated rings. The van der Waals surface area contributed by atoms with Crippen molar-refractivity contribution in [3.05, 3.63) is 84.9 Å². The van der Waals surface area contributed by atoms with Crippen molar-refractivity contribution in [1.82, 2.24) is 8.80 Å². The third-order valence-electron chi connectivity index (χ3n) is 5.71. The van der Waals surface area contributed by atoms with E-state index in [1.54, 1.807) is 0 Å². The van der Waals surface area contributed by atoms with Gasteiger partial charge < -0.3 is 8.80 Å². The highest BCUT2D eigenvalue weighted by Gasteiger charge is 2.19. The maximum absolute atomic E-state index is 3.14. The molecule has 2 heteroatoms. The number of nitrogens with zero attached hydrogens (tertiary/aromatic N) is 2. The molecule has 0 aliphatic carbocycles. The van der Waals surface area contributed by atoms with E-state index < -0.39 is 0 Å². The molecule has 7 rings (SSSR count). The van der Waals surface area contributed by atoms with Crippen molar-refractivity contribution in [2.24, 2.45) is 0 Å². The standard InChI is InChI=1S/C24H12N2/c1-3-11-19-15(7-1)17-9-5-13-21-23(17)25(19)22-14-6-10-18-16-8-2-4-12-20(16)26(21)24(18)22/h1,3,5-14H. The summed E-state index contributed by atoms with van der Waals surface area (Å²) in [5.41, 5.74) is 7.46. The molecule has 0 aliphatic heterocycles. The molecule has 118 valence electrons. The molecule has 0 radical (unpaired) electrons. The molecule has 0 amide bonds. The maximum atomic E-state index is 3.14. The van der Waals surface area contributed by atoms with Crippen LogP contribution in [0.3, 0.4) is 0 Å². The molecule has 7 aromatic rings. The Balaban J connectivity index is 2.02. The summed E-state index contributed by atoms with van der Waals surface area (Å²) in [5.74, 6) is 0. The van der Waals surface area contributed by atoms with E-state index in [9.17, 15) is 0 Å². The number of benzene rings is 3. The second kappa shape index (κ2) is 4.09. The lowest BCUT2D eigenvalue weighted by Gasteiger charge is -2.10. The quantitative estimate of drug-likeness (QED) is 0.309. The van der Waals surface area contributed by atoms with E-state index in [1.165, 1.54) is 54.6 Å². The molecule has 2 nitrogen and oxygen atoms in total. The molecule has 0 spiro atoms. The van der Waals surface area contributed by atoms with E-state index in [-0.39, 0.29) is 0 Å². The summed E-state index contributed by atoms with van der Waals surface area (Å²) in [6, 6.07) is 32.3. The minimum Gasteiger partial charge on any atom is -0.305 e. The summed E-state index contributed by atoms with van der Waals surface area (Å²) in [7, 11) is 0. The maximum Gasteiger partial charge on any atom is 0.0783 e. The summed E-state index contributed by atoms with van der Waals surface area (Å²) in [6.07, 6.45) is 0. The molecule has 0 N–H and O–H groups in total. The summed E-state index contributed by atoms with van der Waals surface area (Å²) < 4.78 is 4.82. The second-order valence-electron chi connectivity index (χ2n) is 6.91. The predicted molar refractivity (Wildman–Crippen MR) is 107 cm³/mol. The first-order valence-electron chi connectivity index (χ1n) is 8.81. The molecular weight excluding hydrogens is 316 g/mol. The lowest BCUT2D eigenvalue weighted by molar-refractivity contribution is 1.26. The highest BCUT2D eigenvalue weighted by atomic mass is 15.0. The monoisotopic (exact) mass is 328 g/mol. The fourth-order valence-corrected chi connectivity index (χ4v) is 4.74. The van der Waals surface area contributed by atoms with Crippen LogP contribution in [0.1, 0.15) is 0 Å². The largest absolute Gasteiger partial charge is 0.305 e. The van der Waals surface area contributed by atoms with E-state index in [1.807, 2.05) is 0 Å². The van der Waals surface area contributed by atoms with Gasteiger partial charge in [0.15, 0.2) is 0 Å². The van der Waals surface area contributed by atoms with Gasteiger partial charge in [-0.1, -0.05) is 54.6 Å². The Morgan fingerprint density at radius 2 is 1.04 bits per heavy atom. The molecule has 0 bridgehead atoms. The van der Waals surface area contributed by atoms with Crippen LogP contribution in [0.25, 0.3) is 54.6 Å². The fourth-order valence-electron chi connectivity index (χ4n) is 4.74. The smallest absolute Gasteiger partial charge is 0.0783 e. The zero-order valence-corrected chi connectivity index (χ0v) is 13.8. The Morgan fingerprint density at radius 3 is 1.85 bits per heavy atom. The van der Waals surface area contributed by atoms with Crippen LogP contribution in [0.15, 0.2) is 72.8 Å². The molecule has 3 aromatic heterocycles. The van der Waals surface area contributed by atoms with Gasteiger partial charge in [0.25, 0.3) is 0 Å². The van der Waals surface area contributed by atoms with Crippen LogP contribution >= 0.6 is 0 Å². The number of aromatic nitrogens is 2. The molecule has 0 saturated carbocycles. The van der Waals surface area contributed by atoms with Crippen molar-refractivity contribution in [1.29, 1.82) is 0 Å². The van der Waals surface area contributed by atoms with Gasteiger partial charge in [-0.2, -0.15) is 0 Å². The van der Waals surface area contributed by atoms with Crippen LogP contribution in [0.5, 0.6) is 0 Å². The van der Waals surface area contributed by atoms with Gasteiger partial charge in [-0.15, -0.1) is 0 Å². The zero-order chi connectivity index (χ0) is 16.8. The van der Waals surface area contributed by atoms with Gasteiger partial charge in [0.2, 0.25) is 0 Å².